The maximum atomic E-state index is 13.9. The predicted molar refractivity (Wildman–Crippen MR) is 70.0 cm³/mol. The third-order valence-corrected chi connectivity index (χ3v) is 2.65. The second-order valence-electron chi connectivity index (χ2n) is 4.26. The van der Waals surface area contributed by atoms with Gasteiger partial charge in [0.25, 0.3) is 0 Å². The third-order valence-electron chi connectivity index (χ3n) is 2.65. The van der Waals surface area contributed by atoms with Crippen LogP contribution in [0, 0.1) is 11.6 Å². The topological polar surface area (TPSA) is 91.3 Å². The van der Waals surface area contributed by atoms with Gasteiger partial charge in [0, 0.05) is 26.3 Å². The average molecular weight is 289 g/mol. The molecule has 0 aromatic heterocycles. The van der Waals surface area contributed by atoms with Gasteiger partial charge in [0.05, 0.1) is 12.7 Å². The Kier molecular flexibility index (Phi) is 5.66. The number of benzene rings is 1. The van der Waals surface area contributed by atoms with Gasteiger partial charge in [-0.15, -0.1) is 0 Å². The number of rotatable bonds is 6. The van der Waals surface area contributed by atoms with Crippen molar-refractivity contribution in [2.24, 2.45) is 10.9 Å². The molecule has 0 aliphatic heterocycles. The van der Waals surface area contributed by atoms with Crippen molar-refractivity contribution in [3.05, 3.63) is 29.3 Å². The Morgan fingerprint density at radius 2 is 2.00 bits per heavy atom. The zero-order valence-electron chi connectivity index (χ0n) is 11.2. The van der Waals surface area contributed by atoms with E-state index in [1.54, 1.807) is 0 Å². The molecule has 1 aromatic carbocycles. The first-order valence-corrected chi connectivity index (χ1v) is 5.75. The largest absolute Gasteiger partial charge is 0.409 e. The summed E-state index contributed by atoms with van der Waals surface area (Å²) in [5, 5.41) is 20.7. The molecule has 0 amide bonds. The summed E-state index contributed by atoms with van der Waals surface area (Å²) in [6.45, 7) is 0.0420. The molecule has 1 rings (SSSR count). The lowest BCUT2D eigenvalue weighted by Gasteiger charge is -2.23. The summed E-state index contributed by atoms with van der Waals surface area (Å²) >= 11 is 0. The molecule has 0 heterocycles. The number of aliphatic hydroxyl groups is 1. The van der Waals surface area contributed by atoms with Gasteiger partial charge >= 0.3 is 0 Å². The summed E-state index contributed by atoms with van der Waals surface area (Å²) in [4.78, 5) is 1.23. The smallest absolute Gasteiger partial charge is 0.170 e. The van der Waals surface area contributed by atoms with E-state index in [-0.39, 0.29) is 24.4 Å². The van der Waals surface area contributed by atoms with Crippen LogP contribution in [0.4, 0.5) is 14.5 Å². The first kappa shape index (κ1) is 16.1. The van der Waals surface area contributed by atoms with Crippen molar-refractivity contribution in [3.8, 4) is 0 Å². The number of nitrogens with zero attached hydrogens (tertiary/aromatic N) is 2. The van der Waals surface area contributed by atoms with Gasteiger partial charge in [-0.3, -0.25) is 0 Å². The van der Waals surface area contributed by atoms with E-state index in [1.165, 1.54) is 19.1 Å². The van der Waals surface area contributed by atoms with Crippen LogP contribution in [-0.4, -0.2) is 49.6 Å². The summed E-state index contributed by atoms with van der Waals surface area (Å²) in [6.07, 6.45) is -0.882. The molecular formula is C12H17F2N3O3. The molecule has 1 atom stereocenters. The lowest BCUT2D eigenvalue weighted by Crippen LogP contribution is -2.33. The van der Waals surface area contributed by atoms with E-state index >= 15 is 0 Å². The number of ether oxygens (including phenoxy) is 1. The predicted octanol–water partition coefficient (Wildman–Crippen LogP) is 0.503. The number of anilines is 1. The SMILES string of the molecule is COCC(O)CN(C)c1c(F)cc(C(N)=NO)cc1F. The molecule has 20 heavy (non-hydrogen) atoms. The standard InChI is InChI=1S/C12H17F2N3O3/c1-17(5-8(18)6-20-2)11-9(13)3-7(4-10(11)14)12(15)16-19/h3-4,8,18-19H,5-6H2,1-2H3,(H2,15,16). The molecule has 0 saturated carbocycles. The number of likely N-dealkylation sites (N-methyl/N-ethyl adjacent to an activating group) is 1. The van der Waals surface area contributed by atoms with Gasteiger partial charge in [0.15, 0.2) is 5.84 Å². The van der Waals surface area contributed by atoms with Crippen molar-refractivity contribution in [1.82, 2.24) is 0 Å². The Morgan fingerprint density at radius 1 is 1.45 bits per heavy atom. The summed E-state index contributed by atoms with van der Waals surface area (Å²) in [5.74, 6) is -2.14. The van der Waals surface area contributed by atoms with E-state index in [0.717, 1.165) is 12.1 Å². The Labute approximate surface area is 115 Å². The van der Waals surface area contributed by atoms with E-state index in [0.29, 0.717) is 0 Å². The van der Waals surface area contributed by atoms with Crippen molar-refractivity contribution in [1.29, 1.82) is 0 Å². The van der Waals surface area contributed by atoms with Crippen LogP contribution in [0.15, 0.2) is 17.3 Å². The fourth-order valence-corrected chi connectivity index (χ4v) is 1.79. The quantitative estimate of drug-likeness (QED) is 0.307. The van der Waals surface area contributed by atoms with Crippen LogP contribution >= 0.6 is 0 Å². The van der Waals surface area contributed by atoms with E-state index in [9.17, 15) is 13.9 Å². The van der Waals surface area contributed by atoms with Crippen LogP contribution < -0.4 is 10.6 Å². The molecule has 0 spiro atoms. The Hall–Kier alpha value is -1.93. The second kappa shape index (κ2) is 7.01. The summed E-state index contributed by atoms with van der Waals surface area (Å²) < 4.78 is 32.6. The molecular weight excluding hydrogens is 272 g/mol. The van der Waals surface area contributed by atoms with Crippen molar-refractivity contribution >= 4 is 11.5 Å². The minimum Gasteiger partial charge on any atom is -0.409 e. The van der Waals surface area contributed by atoms with Gasteiger partial charge in [0.2, 0.25) is 0 Å². The van der Waals surface area contributed by atoms with Gasteiger partial charge in [-0.2, -0.15) is 0 Å². The number of oxime groups is 1. The van der Waals surface area contributed by atoms with Crippen LogP contribution in [0.3, 0.4) is 0 Å². The summed E-state index contributed by atoms with van der Waals surface area (Å²) in [6, 6.07) is 1.90. The molecule has 4 N–H and O–H groups in total. The van der Waals surface area contributed by atoms with Gasteiger partial charge in [-0.1, -0.05) is 5.16 Å². The Morgan fingerprint density at radius 3 is 2.45 bits per heavy atom. The third kappa shape index (κ3) is 3.78. The van der Waals surface area contributed by atoms with Crippen molar-refractivity contribution < 1.29 is 23.8 Å². The van der Waals surface area contributed by atoms with E-state index in [4.69, 9.17) is 15.7 Å². The molecule has 0 fully saturated rings. The minimum atomic E-state index is -0.882. The van der Waals surface area contributed by atoms with Gasteiger partial charge in [0.1, 0.15) is 17.3 Å². The monoisotopic (exact) mass is 289 g/mol. The maximum absolute atomic E-state index is 13.9. The molecule has 6 nitrogen and oxygen atoms in total. The Bertz CT molecular complexity index is 474. The van der Waals surface area contributed by atoms with Crippen LogP contribution in [0.2, 0.25) is 0 Å². The summed E-state index contributed by atoms with van der Waals surface area (Å²) in [7, 11) is 2.85. The number of methoxy groups -OCH3 is 1. The molecule has 0 bridgehead atoms. The number of hydrogen-bond acceptors (Lipinski definition) is 5. The van der Waals surface area contributed by atoms with Crippen LogP contribution in [0.1, 0.15) is 5.56 Å². The number of amidine groups is 1. The molecule has 0 radical (unpaired) electrons. The van der Waals surface area contributed by atoms with Gasteiger partial charge in [-0.05, 0) is 12.1 Å². The first-order valence-electron chi connectivity index (χ1n) is 5.75. The highest BCUT2D eigenvalue weighted by atomic mass is 19.1. The molecule has 0 aliphatic rings. The number of halogens is 2. The lowest BCUT2D eigenvalue weighted by molar-refractivity contribution is 0.0693. The maximum Gasteiger partial charge on any atom is 0.170 e. The van der Waals surface area contributed by atoms with E-state index in [1.807, 2.05) is 0 Å². The fourth-order valence-electron chi connectivity index (χ4n) is 1.79. The number of hydrogen-bond donors (Lipinski definition) is 3. The number of aliphatic hydroxyl groups excluding tert-OH is 1. The van der Waals surface area contributed by atoms with Crippen LogP contribution in [0.5, 0.6) is 0 Å². The zero-order valence-corrected chi connectivity index (χ0v) is 11.2. The molecule has 1 unspecified atom stereocenters. The fraction of sp³-hybridized carbons (Fsp3) is 0.417. The zero-order chi connectivity index (χ0) is 15.3. The van der Waals surface area contributed by atoms with Crippen LogP contribution in [-0.2, 0) is 4.74 Å². The highest BCUT2D eigenvalue weighted by Gasteiger charge is 2.18. The average Bonchev–Trinajstić information content (AvgIpc) is 2.36. The number of nitrogens with two attached hydrogens (primary N) is 1. The molecule has 112 valence electrons. The summed E-state index contributed by atoms with van der Waals surface area (Å²) in [5.41, 5.74) is 4.89. The van der Waals surface area contributed by atoms with Gasteiger partial charge < -0.3 is 25.7 Å². The van der Waals surface area contributed by atoms with Crippen molar-refractivity contribution in [2.45, 2.75) is 6.10 Å². The van der Waals surface area contributed by atoms with E-state index in [2.05, 4.69) is 5.16 Å². The molecule has 0 saturated heterocycles. The highest BCUT2D eigenvalue weighted by molar-refractivity contribution is 5.97. The van der Waals surface area contributed by atoms with Crippen LogP contribution in [0.25, 0.3) is 0 Å². The normalized spacial score (nSPS) is 13.3. The molecule has 1 aromatic rings. The first-order chi connectivity index (χ1) is 9.40. The van der Waals surface area contributed by atoms with Crippen molar-refractivity contribution in [2.75, 3.05) is 32.2 Å². The minimum absolute atomic E-state index is 0.00933. The lowest BCUT2D eigenvalue weighted by atomic mass is 10.1. The van der Waals surface area contributed by atoms with Crippen molar-refractivity contribution in [3.63, 3.8) is 0 Å². The highest BCUT2D eigenvalue weighted by Crippen LogP contribution is 2.24. The second-order valence-corrected chi connectivity index (χ2v) is 4.26. The molecule has 0 aliphatic carbocycles. The molecule has 8 heteroatoms. The van der Waals surface area contributed by atoms with Gasteiger partial charge in [-0.25, -0.2) is 8.78 Å². The van der Waals surface area contributed by atoms with E-state index < -0.39 is 23.6 Å². The Balaban J connectivity index is 3.01.